The third-order valence-corrected chi connectivity index (χ3v) is 7.02. The Morgan fingerprint density at radius 1 is 1.16 bits per heavy atom. The summed E-state index contributed by atoms with van der Waals surface area (Å²) in [7, 11) is 1.56. The number of nitrogens with zero attached hydrogens (tertiary/aromatic N) is 4. The molecule has 1 saturated heterocycles. The van der Waals surface area contributed by atoms with E-state index in [-0.39, 0.29) is 18.0 Å². The molecule has 0 saturated carbocycles. The van der Waals surface area contributed by atoms with E-state index in [2.05, 4.69) is 21.8 Å². The van der Waals surface area contributed by atoms with E-state index >= 15 is 0 Å². The molecule has 8 nitrogen and oxygen atoms in total. The number of aliphatic hydroxyl groups excluding tert-OH is 1. The van der Waals surface area contributed by atoms with Crippen LogP contribution in [0.5, 0.6) is 17.2 Å². The Hall–Kier alpha value is -3.60. The number of anilines is 1. The minimum absolute atomic E-state index is 0.0396. The van der Waals surface area contributed by atoms with Crippen molar-refractivity contribution in [2.24, 2.45) is 5.92 Å². The number of aromatic nitrogens is 3. The maximum Gasteiger partial charge on any atom is 0.433 e. The van der Waals surface area contributed by atoms with Gasteiger partial charge in [-0.05, 0) is 48.9 Å². The number of halogens is 3. The van der Waals surface area contributed by atoms with E-state index in [1.165, 1.54) is 6.07 Å². The summed E-state index contributed by atoms with van der Waals surface area (Å²) >= 11 is 0. The topological polar surface area (TPSA) is 89.7 Å². The summed E-state index contributed by atoms with van der Waals surface area (Å²) in [6, 6.07) is 9.18. The first-order chi connectivity index (χ1) is 17.6. The summed E-state index contributed by atoms with van der Waals surface area (Å²) in [6.45, 7) is 3.19. The van der Waals surface area contributed by atoms with Crippen LogP contribution in [0.2, 0.25) is 0 Å². The van der Waals surface area contributed by atoms with Gasteiger partial charge in [0.05, 0.1) is 31.5 Å². The van der Waals surface area contributed by atoms with Gasteiger partial charge < -0.3 is 19.5 Å². The van der Waals surface area contributed by atoms with Crippen LogP contribution in [0.1, 0.15) is 30.3 Å². The standard InChI is InChI=1S/C26H27F3N4O4/c1-16-12-25(15-34)14-32-23(33(25)13-16)22(36-2)20(31-24(32)35)8-5-17-3-6-18(7-4-17)37-19-9-10-30-21(11-19)26(27,28)29/h3-4,6-7,9-11,16,34H,5,8,12-15H2,1-2H3/t16-,25-/m1/s1. The van der Waals surface area contributed by atoms with Gasteiger partial charge in [0.2, 0.25) is 0 Å². The highest BCUT2D eigenvalue weighted by atomic mass is 19.4. The summed E-state index contributed by atoms with van der Waals surface area (Å²) in [6.07, 6.45) is -1.71. The van der Waals surface area contributed by atoms with Crippen LogP contribution in [0.25, 0.3) is 0 Å². The lowest BCUT2D eigenvalue weighted by Gasteiger charge is -2.30. The SMILES string of the molecule is COc1c(CCc2ccc(Oc3ccnc(C(F)(F)F)c3)cc2)nc(=O)n2c1N1C[C@H](C)C[C@]1(CO)C2. The molecule has 11 heteroatoms. The van der Waals surface area contributed by atoms with Crippen LogP contribution in [-0.2, 0) is 25.6 Å². The van der Waals surface area contributed by atoms with Gasteiger partial charge in [0, 0.05) is 18.8 Å². The van der Waals surface area contributed by atoms with Crippen molar-refractivity contribution >= 4 is 5.82 Å². The third-order valence-electron chi connectivity index (χ3n) is 7.02. The van der Waals surface area contributed by atoms with Crippen molar-refractivity contribution in [3.05, 3.63) is 70.0 Å². The highest BCUT2D eigenvalue weighted by Gasteiger charge is 2.51. The molecule has 1 aromatic carbocycles. The lowest BCUT2D eigenvalue weighted by atomic mass is 9.94. The van der Waals surface area contributed by atoms with Crippen molar-refractivity contribution in [2.75, 3.05) is 25.2 Å². The number of ether oxygens (including phenoxy) is 2. The number of pyridine rings is 1. The number of rotatable bonds is 7. The van der Waals surface area contributed by atoms with Crippen LogP contribution in [0.3, 0.4) is 0 Å². The molecule has 0 unspecified atom stereocenters. The largest absolute Gasteiger partial charge is 0.491 e. The van der Waals surface area contributed by atoms with E-state index in [1.807, 2.05) is 12.1 Å². The molecule has 0 spiro atoms. The van der Waals surface area contributed by atoms with Crippen LogP contribution >= 0.6 is 0 Å². The van der Waals surface area contributed by atoms with Crippen LogP contribution < -0.4 is 20.1 Å². The molecular weight excluding hydrogens is 489 g/mol. The van der Waals surface area contributed by atoms with Crippen molar-refractivity contribution in [1.82, 2.24) is 14.5 Å². The van der Waals surface area contributed by atoms with Gasteiger partial charge in [-0.2, -0.15) is 18.2 Å². The summed E-state index contributed by atoms with van der Waals surface area (Å²) in [5.74, 6) is 2.03. The van der Waals surface area contributed by atoms with Crippen molar-refractivity contribution in [3.8, 4) is 17.2 Å². The molecule has 3 aromatic rings. The monoisotopic (exact) mass is 516 g/mol. The number of benzene rings is 1. The molecule has 2 aromatic heterocycles. The zero-order valence-corrected chi connectivity index (χ0v) is 20.5. The van der Waals surface area contributed by atoms with E-state index in [0.29, 0.717) is 48.3 Å². The van der Waals surface area contributed by atoms with Crippen molar-refractivity contribution < 1.29 is 27.8 Å². The fraction of sp³-hybridized carbons (Fsp3) is 0.423. The van der Waals surface area contributed by atoms with Crippen LogP contribution in [0.4, 0.5) is 19.0 Å². The average molecular weight is 517 g/mol. The highest BCUT2D eigenvalue weighted by molar-refractivity contribution is 5.61. The maximum absolute atomic E-state index is 12.9. The number of fused-ring (bicyclic) bond motifs is 3. The molecule has 1 N–H and O–H groups in total. The Morgan fingerprint density at radius 3 is 2.59 bits per heavy atom. The molecule has 196 valence electrons. The molecule has 0 aliphatic carbocycles. The molecule has 5 rings (SSSR count). The second kappa shape index (κ2) is 9.37. The second-order valence-electron chi connectivity index (χ2n) is 9.71. The Bertz CT molecular complexity index is 1360. The second-order valence-corrected chi connectivity index (χ2v) is 9.71. The molecule has 2 aliphatic rings. The van der Waals surface area contributed by atoms with Crippen molar-refractivity contribution in [3.63, 3.8) is 0 Å². The first kappa shape index (κ1) is 25.1. The molecular formula is C26H27F3N4O4. The van der Waals surface area contributed by atoms with E-state index in [0.717, 1.165) is 30.8 Å². The van der Waals surface area contributed by atoms with Crippen molar-refractivity contribution in [1.29, 1.82) is 0 Å². The number of methoxy groups -OCH3 is 1. The maximum atomic E-state index is 12.9. The van der Waals surface area contributed by atoms with E-state index < -0.39 is 17.4 Å². The molecule has 2 atom stereocenters. The number of aryl methyl sites for hydroxylation is 2. The zero-order valence-electron chi connectivity index (χ0n) is 20.5. The predicted molar refractivity (Wildman–Crippen MR) is 129 cm³/mol. The Morgan fingerprint density at radius 2 is 1.92 bits per heavy atom. The molecule has 0 amide bonds. The molecule has 4 heterocycles. The Labute approximate surface area is 211 Å². The minimum atomic E-state index is -4.55. The summed E-state index contributed by atoms with van der Waals surface area (Å²) in [4.78, 5) is 22.6. The average Bonchev–Trinajstić information content (AvgIpc) is 3.36. The summed E-state index contributed by atoms with van der Waals surface area (Å²) < 4.78 is 51.6. The fourth-order valence-corrected chi connectivity index (χ4v) is 5.39. The van der Waals surface area contributed by atoms with E-state index in [9.17, 15) is 23.1 Å². The number of hydrogen-bond donors (Lipinski definition) is 1. The van der Waals surface area contributed by atoms with Gasteiger partial charge in [0.15, 0.2) is 11.6 Å². The minimum Gasteiger partial charge on any atom is -0.491 e. The first-order valence-electron chi connectivity index (χ1n) is 12.0. The molecule has 37 heavy (non-hydrogen) atoms. The molecule has 2 aliphatic heterocycles. The van der Waals surface area contributed by atoms with Crippen LogP contribution in [0.15, 0.2) is 47.4 Å². The number of aliphatic hydroxyl groups is 1. The normalized spacial score (nSPS) is 20.6. The highest BCUT2D eigenvalue weighted by Crippen LogP contribution is 2.47. The number of alkyl halides is 3. The van der Waals surface area contributed by atoms with Crippen LogP contribution in [0, 0.1) is 5.92 Å². The van der Waals surface area contributed by atoms with Crippen molar-refractivity contribution in [2.45, 2.75) is 44.4 Å². The van der Waals surface area contributed by atoms with Gasteiger partial charge in [-0.15, -0.1) is 0 Å². The van der Waals surface area contributed by atoms with Gasteiger partial charge in [-0.3, -0.25) is 9.55 Å². The summed E-state index contributed by atoms with van der Waals surface area (Å²) in [5.41, 5.74) is -0.413. The molecule has 0 bridgehead atoms. The Balaban J connectivity index is 1.32. The quantitative estimate of drug-likeness (QED) is 0.511. The van der Waals surface area contributed by atoms with E-state index in [4.69, 9.17) is 9.47 Å². The van der Waals surface area contributed by atoms with E-state index in [1.54, 1.807) is 23.8 Å². The summed E-state index contributed by atoms with van der Waals surface area (Å²) in [5, 5.41) is 10.2. The van der Waals surface area contributed by atoms with Gasteiger partial charge in [-0.1, -0.05) is 19.1 Å². The predicted octanol–water partition coefficient (Wildman–Crippen LogP) is 3.83. The Kier molecular flexibility index (Phi) is 6.35. The van der Waals surface area contributed by atoms with Gasteiger partial charge in [-0.25, -0.2) is 4.79 Å². The van der Waals surface area contributed by atoms with Gasteiger partial charge >= 0.3 is 11.9 Å². The zero-order chi connectivity index (χ0) is 26.4. The first-order valence-corrected chi connectivity index (χ1v) is 12.0. The van der Waals surface area contributed by atoms with Crippen LogP contribution in [-0.4, -0.2) is 45.4 Å². The lowest BCUT2D eigenvalue weighted by Crippen LogP contribution is -2.45. The van der Waals surface area contributed by atoms with Gasteiger partial charge in [0.25, 0.3) is 0 Å². The lowest BCUT2D eigenvalue weighted by molar-refractivity contribution is -0.141. The smallest absolute Gasteiger partial charge is 0.433 e. The molecule has 0 radical (unpaired) electrons. The fourth-order valence-electron chi connectivity index (χ4n) is 5.39. The number of hydrogen-bond acceptors (Lipinski definition) is 7. The van der Waals surface area contributed by atoms with Gasteiger partial charge in [0.1, 0.15) is 17.2 Å². The third kappa shape index (κ3) is 4.63. The molecule has 1 fully saturated rings.